The van der Waals surface area contributed by atoms with E-state index in [2.05, 4.69) is 34.2 Å². The van der Waals surface area contributed by atoms with Crippen molar-refractivity contribution in [1.29, 1.82) is 0 Å². The van der Waals surface area contributed by atoms with Crippen LogP contribution in [0.5, 0.6) is 0 Å². The van der Waals surface area contributed by atoms with Gasteiger partial charge in [0, 0.05) is 17.3 Å². The lowest BCUT2D eigenvalue weighted by Gasteiger charge is -1.96. The molecule has 6 heteroatoms. The number of rotatable bonds is 2. The Kier molecular flexibility index (Phi) is 2.57. The van der Waals surface area contributed by atoms with Crippen molar-refractivity contribution < 1.29 is 0 Å². The Labute approximate surface area is 107 Å². The number of hydrogen-bond acceptors (Lipinski definition) is 4. The number of nitrogens with zero attached hydrogens (tertiary/aromatic N) is 4. The third-order valence-corrected chi connectivity index (χ3v) is 4.01. The summed E-state index contributed by atoms with van der Waals surface area (Å²) in [6, 6.07) is 4.18. The van der Waals surface area contributed by atoms with Crippen molar-refractivity contribution in [2.24, 2.45) is 0 Å². The highest BCUT2D eigenvalue weighted by Crippen LogP contribution is 2.28. The molecule has 0 aromatic carbocycles. The fraction of sp³-hybridized carbons (Fsp3) is 0.182. The molecule has 17 heavy (non-hydrogen) atoms. The first-order chi connectivity index (χ1) is 8.29. The summed E-state index contributed by atoms with van der Waals surface area (Å²) in [5.74, 6) is 0.814. The first-order valence-corrected chi connectivity index (χ1v) is 6.43. The van der Waals surface area contributed by atoms with Gasteiger partial charge in [-0.1, -0.05) is 18.5 Å². The fourth-order valence-electron chi connectivity index (χ4n) is 1.65. The summed E-state index contributed by atoms with van der Waals surface area (Å²) >= 11 is 7.68. The zero-order chi connectivity index (χ0) is 11.8. The number of thiophene rings is 1. The quantitative estimate of drug-likeness (QED) is 0.714. The van der Waals surface area contributed by atoms with Crippen LogP contribution in [0.1, 0.15) is 11.8 Å². The number of halogens is 1. The topological polar surface area (TPSA) is 43.1 Å². The van der Waals surface area contributed by atoms with Gasteiger partial charge in [-0.15, -0.1) is 21.5 Å². The maximum absolute atomic E-state index is 5.96. The zero-order valence-electron chi connectivity index (χ0n) is 9.09. The van der Waals surface area contributed by atoms with E-state index in [9.17, 15) is 0 Å². The van der Waals surface area contributed by atoms with Gasteiger partial charge in [0.25, 0.3) is 0 Å². The molecule has 0 aliphatic carbocycles. The molecule has 4 nitrogen and oxygen atoms in total. The average Bonchev–Trinajstić information content (AvgIpc) is 2.94. The van der Waals surface area contributed by atoms with Gasteiger partial charge in [0.15, 0.2) is 16.6 Å². The Balaban J connectivity index is 2.20. The largest absolute Gasteiger partial charge is 0.278 e. The molecule has 3 aromatic heterocycles. The molecule has 0 spiro atoms. The Morgan fingerprint density at radius 3 is 3.00 bits per heavy atom. The second-order valence-electron chi connectivity index (χ2n) is 3.55. The monoisotopic (exact) mass is 264 g/mol. The van der Waals surface area contributed by atoms with Crippen molar-refractivity contribution in [2.75, 3.05) is 0 Å². The molecule has 3 aromatic rings. The van der Waals surface area contributed by atoms with E-state index >= 15 is 0 Å². The lowest BCUT2D eigenvalue weighted by Crippen LogP contribution is -1.89. The molecule has 0 aliphatic heterocycles. The summed E-state index contributed by atoms with van der Waals surface area (Å²) in [7, 11) is 0. The van der Waals surface area contributed by atoms with E-state index in [1.54, 1.807) is 17.5 Å². The molecular formula is C11H9ClN4S. The molecule has 3 rings (SSSR count). The van der Waals surface area contributed by atoms with Gasteiger partial charge in [0.05, 0.1) is 4.88 Å². The van der Waals surface area contributed by atoms with Crippen LogP contribution in [0.25, 0.3) is 16.3 Å². The predicted molar refractivity (Wildman–Crippen MR) is 68.5 cm³/mol. The predicted octanol–water partition coefficient (Wildman–Crippen LogP) is 3.07. The molecule has 86 valence electrons. The van der Waals surface area contributed by atoms with E-state index in [-0.39, 0.29) is 0 Å². The number of fused-ring (bicyclic) bond motifs is 1. The van der Waals surface area contributed by atoms with Crippen LogP contribution in [-0.4, -0.2) is 19.6 Å². The van der Waals surface area contributed by atoms with Gasteiger partial charge >= 0.3 is 0 Å². The smallest absolute Gasteiger partial charge is 0.198 e. The maximum atomic E-state index is 5.96. The van der Waals surface area contributed by atoms with Crippen molar-refractivity contribution in [3.63, 3.8) is 0 Å². The van der Waals surface area contributed by atoms with Crippen molar-refractivity contribution in [1.82, 2.24) is 19.6 Å². The summed E-state index contributed by atoms with van der Waals surface area (Å²) in [4.78, 5) is 6.41. The van der Waals surface area contributed by atoms with Crippen molar-refractivity contribution in [3.8, 4) is 10.7 Å². The van der Waals surface area contributed by atoms with Crippen LogP contribution in [0, 0.1) is 0 Å². The Bertz CT molecular complexity index is 673. The molecule has 0 N–H and O–H groups in total. The highest BCUT2D eigenvalue weighted by Gasteiger charge is 2.12. The molecule has 0 aliphatic rings. The van der Waals surface area contributed by atoms with Gasteiger partial charge in [-0.25, -0.2) is 4.98 Å². The molecule has 0 amide bonds. The van der Waals surface area contributed by atoms with Crippen LogP contribution in [0.4, 0.5) is 0 Å². The molecule has 0 unspecified atom stereocenters. The van der Waals surface area contributed by atoms with E-state index in [1.165, 1.54) is 4.88 Å². The van der Waals surface area contributed by atoms with Crippen molar-refractivity contribution >= 4 is 28.6 Å². The summed E-state index contributed by atoms with van der Waals surface area (Å²) in [6.07, 6.45) is 4.50. The first-order valence-electron chi connectivity index (χ1n) is 5.24. The number of aryl methyl sites for hydroxylation is 1. The first kappa shape index (κ1) is 10.7. The van der Waals surface area contributed by atoms with E-state index < -0.39 is 0 Å². The van der Waals surface area contributed by atoms with Gasteiger partial charge in [-0.2, -0.15) is 0 Å². The van der Waals surface area contributed by atoms with E-state index in [4.69, 9.17) is 11.6 Å². The summed E-state index contributed by atoms with van der Waals surface area (Å²) in [6.45, 7) is 2.14. The molecular weight excluding hydrogens is 256 g/mol. The highest BCUT2D eigenvalue weighted by molar-refractivity contribution is 7.15. The van der Waals surface area contributed by atoms with Gasteiger partial charge in [-0.05, 0) is 18.6 Å². The van der Waals surface area contributed by atoms with Crippen LogP contribution in [0.15, 0.2) is 24.5 Å². The van der Waals surface area contributed by atoms with Crippen LogP contribution < -0.4 is 0 Å². The Hall–Kier alpha value is -1.46. The Morgan fingerprint density at radius 2 is 2.24 bits per heavy atom. The third kappa shape index (κ3) is 1.71. The third-order valence-electron chi connectivity index (χ3n) is 2.51. The van der Waals surface area contributed by atoms with Gasteiger partial charge in [0.1, 0.15) is 0 Å². The highest BCUT2D eigenvalue weighted by atomic mass is 35.5. The van der Waals surface area contributed by atoms with Crippen LogP contribution in [0.2, 0.25) is 5.15 Å². The molecule has 0 bridgehead atoms. The maximum Gasteiger partial charge on any atom is 0.198 e. The van der Waals surface area contributed by atoms with Crippen molar-refractivity contribution in [3.05, 3.63) is 34.6 Å². The minimum absolute atomic E-state index is 0.374. The second kappa shape index (κ2) is 4.09. The summed E-state index contributed by atoms with van der Waals surface area (Å²) in [5.41, 5.74) is 0.593. The summed E-state index contributed by atoms with van der Waals surface area (Å²) < 4.78 is 1.86. The molecule has 0 radical (unpaired) electrons. The molecule has 0 fully saturated rings. The van der Waals surface area contributed by atoms with Gasteiger partial charge < -0.3 is 0 Å². The van der Waals surface area contributed by atoms with E-state index in [0.717, 1.165) is 17.1 Å². The molecule has 3 heterocycles. The fourth-order valence-corrected chi connectivity index (χ4v) is 2.77. The van der Waals surface area contributed by atoms with E-state index in [1.807, 2.05) is 10.6 Å². The standard InChI is InChI=1S/C11H9ClN4S/c1-2-7-3-4-8(17-7)10-14-15-11-9(12)13-5-6-16(10)11/h3-6H,2H2,1H3. The minimum atomic E-state index is 0.374. The minimum Gasteiger partial charge on any atom is -0.278 e. The lowest BCUT2D eigenvalue weighted by molar-refractivity contribution is 1.12. The van der Waals surface area contributed by atoms with Gasteiger partial charge in [0.2, 0.25) is 0 Å². The molecule has 0 saturated carbocycles. The van der Waals surface area contributed by atoms with E-state index in [0.29, 0.717) is 10.8 Å². The molecule has 0 saturated heterocycles. The number of aromatic nitrogens is 4. The molecule has 0 atom stereocenters. The summed E-state index contributed by atoms with van der Waals surface area (Å²) in [5, 5.41) is 8.60. The normalized spacial score (nSPS) is 11.2. The van der Waals surface area contributed by atoms with Crippen LogP contribution >= 0.6 is 22.9 Å². The average molecular weight is 265 g/mol. The lowest BCUT2D eigenvalue weighted by atomic mass is 10.3. The number of hydrogen-bond donors (Lipinski definition) is 0. The SMILES string of the molecule is CCc1ccc(-c2nnc3c(Cl)nccn23)s1. The van der Waals surface area contributed by atoms with Gasteiger partial charge in [-0.3, -0.25) is 4.40 Å². The second-order valence-corrected chi connectivity index (χ2v) is 5.08. The van der Waals surface area contributed by atoms with Crippen molar-refractivity contribution in [2.45, 2.75) is 13.3 Å². The Morgan fingerprint density at radius 1 is 1.35 bits per heavy atom. The van der Waals surface area contributed by atoms with Crippen LogP contribution in [0.3, 0.4) is 0 Å². The van der Waals surface area contributed by atoms with Crippen LogP contribution in [-0.2, 0) is 6.42 Å². The zero-order valence-corrected chi connectivity index (χ0v) is 10.7.